The summed E-state index contributed by atoms with van der Waals surface area (Å²) >= 11 is 0. The Morgan fingerprint density at radius 1 is 1.31 bits per heavy atom. The largest absolute Gasteiger partial charge is 0.481 e. The summed E-state index contributed by atoms with van der Waals surface area (Å²) in [7, 11) is -0.286. The number of aliphatic hydroxyl groups is 1. The highest BCUT2D eigenvalue weighted by molar-refractivity contribution is 7.83. The highest BCUT2D eigenvalue weighted by Gasteiger charge is 2.22. The van der Waals surface area contributed by atoms with Gasteiger partial charge in [-0.25, -0.2) is 14.0 Å². The van der Waals surface area contributed by atoms with Crippen molar-refractivity contribution in [1.82, 2.24) is 19.5 Å². The zero-order valence-corrected chi connectivity index (χ0v) is 18.7. The molecule has 1 aliphatic rings. The quantitative estimate of drug-likeness (QED) is 0.504. The topological polar surface area (TPSA) is 118 Å². The number of urea groups is 1. The predicted octanol–water partition coefficient (Wildman–Crippen LogP) is 2.67. The highest BCUT2D eigenvalue weighted by atomic mass is 32.2. The number of benzene rings is 1. The lowest BCUT2D eigenvalue weighted by Gasteiger charge is -2.16. The number of anilines is 1. The number of nitrogens with zero attached hydrogens (tertiary/aromatic N) is 3. The Hall–Kier alpha value is -3.24. The zero-order valence-electron chi connectivity index (χ0n) is 17.9. The van der Waals surface area contributed by atoms with Crippen molar-refractivity contribution in [2.75, 3.05) is 12.4 Å². The van der Waals surface area contributed by atoms with Crippen molar-refractivity contribution in [3.8, 4) is 17.0 Å². The SMILES string of the molecule is COc1cc(-c2ccc3c(c2NC(=O)NS(=O)c2ccn(C[C@@H](C)O)n2)CCC3)ccn1. The Labute approximate surface area is 188 Å². The van der Waals surface area contributed by atoms with Crippen molar-refractivity contribution >= 4 is 22.7 Å². The smallest absolute Gasteiger partial charge is 0.331 e. The molecule has 2 atom stereocenters. The van der Waals surface area contributed by atoms with Crippen LogP contribution in [0.2, 0.25) is 0 Å². The molecule has 0 saturated carbocycles. The van der Waals surface area contributed by atoms with Gasteiger partial charge in [0.25, 0.3) is 0 Å². The molecule has 0 saturated heterocycles. The van der Waals surface area contributed by atoms with Crippen LogP contribution in [-0.2, 0) is 30.4 Å². The maximum atomic E-state index is 12.8. The Morgan fingerprint density at radius 3 is 2.94 bits per heavy atom. The van der Waals surface area contributed by atoms with Gasteiger partial charge in [-0.3, -0.25) is 9.40 Å². The fourth-order valence-corrected chi connectivity index (χ4v) is 4.52. The van der Waals surface area contributed by atoms with E-state index in [-0.39, 0.29) is 11.6 Å². The van der Waals surface area contributed by atoms with Crippen LogP contribution in [0.3, 0.4) is 0 Å². The molecule has 3 N–H and O–H groups in total. The number of fused-ring (bicyclic) bond motifs is 1. The van der Waals surface area contributed by atoms with E-state index < -0.39 is 23.1 Å². The van der Waals surface area contributed by atoms with E-state index in [1.165, 1.54) is 10.2 Å². The summed E-state index contributed by atoms with van der Waals surface area (Å²) in [5.41, 5.74) is 4.68. The molecule has 1 aliphatic carbocycles. The van der Waals surface area contributed by atoms with Crippen LogP contribution in [0.1, 0.15) is 24.5 Å². The van der Waals surface area contributed by atoms with Gasteiger partial charge in [0.15, 0.2) is 16.0 Å². The van der Waals surface area contributed by atoms with E-state index in [0.717, 1.165) is 36.0 Å². The minimum absolute atomic E-state index is 0.207. The minimum Gasteiger partial charge on any atom is -0.481 e. The highest BCUT2D eigenvalue weighted by Crippen LogP contribution is 2.38. The maximum absolute atomic E-state index is 12.8. The maximum Gasteiger partial charge on any atom is 0.331 e. The summed E-state index contributed by atoms with van der Waals surface area (Å²) in [5.74, 6) is 0.479. The second-order valence-corrected chi connectivity index (χ2v) is 8.78. The molecule has 0 bridgehead atoms. The van der Waals surface area contributed by atoms with Gasteiger partial charge in [0.05, 0.1) is 25.4 Å². The first-order valence-electron chi connectivity index (χ1n) is 10.3. The molecule has 0 radical (unpaired) electrons. The average molecular weight is 456 g/mol. The number of aliphatic hydroxyl groups excluding tert-OH is 1. The van der Waals surface area contributed by atoms with Gasteiger partial charge >= 0.3 is 6.03 Å². The van der Waals surface area contributed by atoms with Crippen molar-refractivity contribution in [3.63, 3.8) is 0 Å². The van der Waals surface area contributed by atoms with Gasteiger partial charge in [-0.2, -0.15) is 5.10 Å². The van der Waals surface area contributed by atoms with Crippen LogP contribution >= 0.6 is 0 Å². The summed E-state index contributed by atoms with van der Waals surface area (Å²) in [6.07, 6.45) is 5.51. The Bertz CT molecular complexity index is 1160. The molecule has 168 valence electrons. The summed E-state index contributed by atoms with van der Waals surface area (Å²) in [6.45, 7) is 1.91. The van der Waals surface area contributed by atoms with Gasteiger partial charge in [0.1, 0.15) is 0 Å². The number of aryl methyl sites for hydroxylation is 1. The molecule has 2 heterocycles. The Morgan fingerprint density at radius 2 is 2.16 bits per heavy atom. The molecule has 0 aliphatic heterocycles. The van der Waals surface area contributed by atoms with E-state index in [0.29, 0.717) is 11.6 Å². The molecule has 9 nitrogen and oxygen atoms in total. The first kappa shape index (κ1) is 22.0. The van der Waals surface area contributed by atoms with Gasteiger partial charge in [-0.1, -0.05) is 12.1 Å². The summed E-state index contributed by atoms with van der Waals surface area (Å²) in [4.78, 5) is 16.9. The average Bonchev–Trinajstić information content (AvgIpc) is 3.43. The first-order valence-corrected chi connectivity index (χ1v) is 11.5. The second-order valence-electron chi connectivity index (χ2n) is 7.62. The van der Waals surface area contributed by atoms with Gasteiger partial charge < -0.3 is 15.2 Å². The van der Waals surface area contributed by atoms with Crippen LogP contribution in [0.25, 0.3) is 11.1 Å². The van der Waals surface area contributed by atoms with Gasteiger partial charge in [-0.15, -0.1) is 0 Å². The fourth-order valence-electron chi connectivity index (χ4n) is 3.83. The number of carbonyl (C=O) groups excluding carboxylic acids is 1. The zero-order chi connectivity index (χ0) is 22.7. The van der Waals surface area contributed by atoms with Gasteiger partial charge in [0, 0.05) is 24.0 Å². The van der Waals surface area contributed by atoms with Crippen molar-refractivity contribution in [3.05, 3.63) is 53.9 Å². The molecule has 0 fully saturated rings. The van der Waals surface area contributed by atoms with E-state index >= 15 is 0 Å². The number of aromatic nitrogens is 3. The third-order valence-electron chi connectivity index (χ3n) is 5.22. The molecular formula is C22H25N5O4S. The van der Waals surface area contributed by atoms with E-state index in [2.05, 4.69) is 26.2 Å². The molecule has 1 unspecified atom stereocenters. The van der Waals surface area contributed by atoms with Crippen molar-refractivity contribution < 1.29 is 18.8 Å². The lowest BCUT2D eigenvalue weighted by molar-refractivity contribution is 0.168. The summed E-state index contributed by atoms with van der Waals surface area (Å²) in [6, 6.07) is 8.69. The van der Waals surface area contributed by atoms with E-state index in [9.17, 15) is 14.1 Å². The molecule has 10 heteroatoms. The van der Waals surface area contributed by atoms with Crippen LogP contribution < -0.4 is 14.8 Å². The summed E-state index contributed by atoms with van der Waals surface area (Å²) < 4.78 is 21.8. The number of hydrogen-bond acceptors (Lipinski definition) is 6. The van der Waals surface area contributed by atoms with Crippen LogP contribution in [0, 0.1) is 0 Å². The van der Waals surface area contributed by atoms with Crippen LogP contribution in [0.15, 0.2) is 47.8 Å². The third kappa shape index (κ3) is 4.81. The number of methoxy groups -OCH3 is 1. The number of rotatable bonds is 7. The number of nitrogens with one attached hydrogen (secondary N) is 2. The number of carbonyl (C=O) groups is 1. The molecule has 3 aromatic rings. The van der Waals surface area contributed by atoms with Crippen molar-refractivity contribution in [2.45, 2.75) is 43.9 Å². The Balaban J connectivity index is 1.56. The van der Waals surface area contributed by atoms with E-state index in [1.807, 2.05) is 18.2 Å². The standard InChI is InChI=1S/C22H25N5O4S/c1-14(28)13-27-11-9-20(25-27)32(30)26-22(29)24-21-17-5-3-4-15(17)6-7-18(21)16-8-10-23-19(12-16)31-2/h6-12,14,28H,3-5,13H2,1-2H3,(H2,24,26,29)/t14-,32?/m1/s1. The molecule has 0 spiro atoms. The van der Waals surface area contributed by atoms with Crippen molar-refractivity contribution in [2.24, 2.45) is 0 Å². The number of ether oxygens (including phenoxy) is 1. The van der Waals surface area contributed by atoms with Crippen LogP contribution in [0.5, 0.6) is 5.88 Å². The molecule has 2 amide bonds. The number of amides is 2. The molecule has 4 rings (SSSR count). The van der Waals surface area contributed by atoms with Gasteiger partial charge in [-0.05, 0) is 55.0 Å². The van der Waals surface area contributed by atoms with Crippen molar-refractivity contribution in [1.29, 1.82) is 0 Å². The normalized spacial score (nSPS) is 14.5. The third-order valence-corrected chi connectivity index (χ3v) is 6.19. The van der Waals surface area contributed by atoms with Gasteiger partial charge in [0.2, 0.25) is 5.88 Å². The number of hydrogen-bond donors (Lipinski definition) is 3. The minimum atomic E-state index is -1.84. The lowest BCUT2D eigenvalue weighted by Crippen LogP contribution is -2.31. The molecule has 2 aromatic heterocycles. The van der Waals surface area contributed by atoms with Crippen LogP contribution in [-0.4, -0.2) is 43.3 Å². The first-order chi connectivity index (χ1) is 15.4. The monoisotopic (exact) mass is 455 g/mol. The molecule has 32 heavy (non-hydrogen) atoms. The lowest BCUT2D eigenvalue weighted by atomic mass is 9.98. The van der Waals surface area contributed by atoms with E-state index in [4.69, 9.17) is 4.74 Å². The summed E-state index contributed by atoms with van der Waals surface area (Å²) in [5, 5.41) is 16.7. The predicted molar refractivity (Wildman–Crippen MR) is 121 cm³/mol. The van der Waals surface area contributed by atoms with Crippen LogP contribution in [0.4, 0.5) is 10.5 Å². The second kappa shape index (κ2) is 9.49. The molecule has 1 aromatic carbocycles. The molecular weight excluding hydrogens is 430 g/mol. The number of pyridine rings is 1. The fraction of sp³-hybridized carbons (Fsp3) is 0.318. The Kier molecular flexibility index (Phi) is 6.52. The van der Waals surface area contributed by atoms with E-state index in [1.54, 1.807) is 32.5 Å².